The second kappa shape index (κ2) is 7.29. The van der Waals surface area contributed by atoms with Crippen LogP contribution in [0.2, 0.25) is 0 Å². The van der Waals surface area contributed by atoms with E-state index in [1.165, 1.54) is 12.1 Å². The van der Waals surface area contributed by atoms with E-state index in [1.807, 2.05) is 18.2 Å². The predicted octanol–water partition coefficient (Wildman–Crippen LogP) is 2.20. The van der Waals surface area contributed by atoms with Gasteiger partial charge in [-0.05, 0) is 35.7 Å². The number of hydrogen-bond donors (Lipinski definition) is 2. The van der Waals surface area contributed by atoms with Gasteiger partial charge in [0.2, 0.25) is 0 Å². The Bertz CT molecular complexity index is 824. The van der Waals surface area contributed by atoms with Gasteiger partial charge in [0.1, 0.15) is 5.75 Å². The van der Waals surface area contributed by atoms with Crippen molar-refractivity contribution < 1.29 is 23.1 Å². The largest absolute Gasteiger partial charge is 0.493 e. The second-order valence-electron chi connectivity index (χ2n) is 5.60. The Morgan fingerprint density at radius 2 is 1.96 bits per heavy atom. The maximum atomic E-state index is 13.5. The van der Waals surface area contributed by atoms with E-state index in [-0.39, 0.29) is 12.2 Å². The highest BCUT2D eigenvalue weighted by Gasteiger charge is 2.17. The van der Waals surface area contributed by atoms with E-state index in [0.29, 0.717) is 13.0 Å². The lowest BCUT2D eigenvalue weighted by Crippen LogP contribution is -2.36. The summed E-state index contributed by atoms with van der Waals surface area (Å²) in [6.45, 7) is 0.920. The zero-order chi connectivity index (χ0) is 17.8. The van der Waals surface area contributed by atoms with Crippen molar-refractivity contribution >= 4 is 17.5 Å². The Morgan fingerprint density at radius 3 is 2.80 bits per heavy atom. The number of carbonyl (C=O) groups is 2. The summed E-state index contributed by atoms with van der Waals surface area (Å²) in [5, 5.41) is 4.51. The minimum atomic E-state index is -1.20. The summed E-state index contributed by atoms with van der Waals surface area (Å²) >= 11 is 0. The number of rotatable bonds is 4. The standard InChI is InChI=1S/C18H16F2N2O3/c19-13-2-1-3-14(16(13)20)22-18(24)17(23)21-8-6-11-4-5-15-12(10-11)7-9-25-15/h1-5,10H,6-9H2,(H,21,23)(H,22,24). The fourth-order valence-corrected chi connectivity index (χ4v) is 2.58. The first-order chi connectivity index (χ1) is 12.0. The van der Waals surface area contributed by atoms with Gasteiger partial charge in [-0.1, -0.05) is 18.2 Å². The fraction of sp³-hybridized carbons (Fsp3) is 0.222. The molecule has 0 unspecified atom stereocenters. The molecule has 7 heteroatoms. The molecule has 0 radical (unpaired) electrons. The molecule has 0 fully saturated rings. The van der Waals surface area contributed by atoms with Gasteiger partial charge in [0.25, 0.3) is 0 Å². The third-order valence-corrected chi connectivity index (χ3v) is 3.86. The van der Waals surface area contributed by atoms with Gasteiger partial charge in [0, 0.05) is 13.0 Å². The lowest BCUT2D eigenvalue weighted by atomic mass is 10.1. The van der Waals surface area contributed by atoms with Crippen molar-refractivity contribution in [1.82, 2.24) is 5.32 Å². The number of hydrogen-bond acceptors (Lipinski definition) is 3. The number of nitrogens with one attached hydrogen (secondary N) is 2. The van der Waals surface area contributed by atoms with Crippen LogP contribution in [0.25, 0.3) is 0 Å². The summed E-state index contributed by atoms with van der Waals surface area (Å²) in [6.07, 6.45) is 1.40. The van der Waals surface area contributed by atoms with Crippen molar-refractivity contribution in [2.24, 2.45) is 0 Å². The van der Waals surface area contributed by atoms with Crippen molar-refractivity contribution in [2.45, 2.75) is 12.8 Å². The summed E-state index contributed by atoms with van der Waals surface area (Å²) in [5.41, 5.74) is 1.77. The lowest BCUT2D eigenvalue weighted by Gasteiger charge is -2.08. The molecule has 130 valence electrons. The molecule has 2 amide bonds. The summed E-state index contributed by atoms with van der Waals surface area (Å²) in [4.78, 5) is 23.5. The normalized spacial score (nSPS) is 12.2. The molecule has 0 bridgehead atoms. The highest BCUT2D eigenvalue weighted by atomic mass is 19.2. The fourth-order valence-electron chi connectivity index (χ4n) is 2.58. The predicted molar refractivity (Wildman–Crippen MR) is 87.3 cm³/mol. The minimum Gasteiger partial charge on any atom is -0.493 e. The van der Waals surface area contributed by atoms with Crippen LogP contribution in [0.15, 0.2) is 36.4 Å². The molecule has 0 saturated carbocycles. The Morgan fingerprint density at radius 1 is 1.12 bits per heavy atom. The number of amides is 2. The molecule has 3 rings (SSSR count). The molecule has 1 aliphatic heterocycles. The highest BCUT2D eigenvalue weighted by Crippen LogP contribution is 2.25. The van der Waals surface area contributed by atoms with E-state index in [9.17, 15) is 18.4 Å². The molecule has 1 aliphatic rings. The molecule has 0 aromatic heterocycles. The first-order valence-electron chi connectivity index (χ1n) is 7.82. The van der Waals surface area contributed by atoms with E-state index >= 15 is 0 Å². The highest BCUT2D eigenvalue weighted by molar-refractivity contribution is 6.39. The summed E-state index contributed by atoms with van der Waals surface area (Å²) in [5.74, 6) is -3.38. The third-order valence-electron chi connectivity index (χ3n) is 3.86. The summed E-state index contributed by atoms with van der Waals surface area (Å²) in [6, 6.07) is 9.14. The number of benzene rings is 2. The molecule has 0 aliphatic carbocycles. The van der Waals surface area contributed by atoms with Crippen LogP contribution >= 0.6 is 0 Å². The van der Waals surface area contributed by atoms with E-state index in [0.717, 1.165) is 29.4 Å². The minimum absolute atomic E-state index is 0.248. The molecule has 2 aromatic rings. The number of anilines is 1. The average Bonchev–Trinajstić information content (AvgIpc) is 3.06. The van der Waals surface area contributed by atoms with E-state index in [2.05, 4.69) is 10.6 Å². The van der Waals surface area contributed by atoms with Crippen molar-refractivity contribution in [3.63, 3.8) is 0 Å². The Hall–Kier alpha value is -2.96. The maximum Gasteiger partial charge on any atom is 0.313 e. The van der Waals surface area contributed by atoms with Gasteiger partial charge in [-0.25, -0.2) is 8.78 Å². The number of ether oxygens (including phenoxy) is 1. The quantitative estimate of drug-likeness (QED) is 0.834. The second-order valence-corrected chi connectivity index (χ2v) is 5.60. The van der Waals surface area contributed by atoms with Crippen LogP contribution in [-0.4, -0.2) is 25.0 Å². The lowest BCUT2D eigenvalue weighted by molar-refractivity contribution is -0.136. The van der Waals surface area contributed by atoms with Gasteiger partial charge in [-0.3, -0.25) is 9.59 Å². The van der Waals surface area contributed by atoms with Crippen LogP contribution in [0.1, 0.15) is 11.1 Å². The molecule has 2 N–H and O–H groups in total. The van der Waals surface area contributed by atoms with Crippen LogP contribution in [0, 0.1) is 11.6 Å². The molecular weight excluding hydrogens is 330 g/mol. The van der Waals surface area contributed by atoms with Gasteiger partial charge in [-0.15, -0.1) is 0 Å². The van der Waals surface area contributed by atoms with Crippen LogP contribution in [0.4, 0.5) is 14.5 Å². The molecule has 0 saturated heterocycles. The molecule has 2 aromatic carbocycles. The van der Waals surface area contributed by atoms with Crippen LogP contribution in [0.5, 0.6) is 5.75 Å². The van der Waals surface area contributed by atoms with E-state index in [1.54, 1.807) is 0 Å². The summed E-state index contributed by atoms with van der Waals surface area (Å²) in [7, 11) is 0. The topological polar surface area (TPSA) is 67.4 Å². The molecule has 25 heavy (non-hydrogen) atoms. The van der Waals surface area contributed by atoms with Gasteiger partial charge in [-0.2, -0.15) is 0 Å². The van der Waals surface area contributed by atoms with Gasteiger partial charge in [0.15, 0.2) is 11.6 Å². The van der Waals surface area contributed by atoms with Gasteiger partial charge in [0.05, 0.1) is 12.3 Å². The monoisotopic (exact) mass is 346 g/mol. The van der Waals surface area contributed by atoms with Crippen LogP contribution in [0.3, 0.4) is 0 Å². The molecule has 0 spiro atoms. The average molecular weight is 346 g/mol. The van der Waals surface area contributed by atoms with Crippen molar-refractivity contribution in [2.75, 3.05) is 18.5 Å². The zero-order valence-corrected chi connectivity index (χ0v) is 13.3. The van der Waals surface area contributed by atoms with E-state index < -0.39 is 23.4 Å². The Balaban J connectivity index is 1.50. The molecular formula is C18H16F2N2O3. The first kappa shape index (κ1) is 16.9. The van der Waals surface area contributed by atoms with Gasteiger partial charge < -0.3 is 15.4 Å². The molecule has 1 heterocycles. The third kappa shape index (κ3) is 3.93. The molecule has 0 atom stereocenters. The zero-order valence-electron chi connectivity index (χ0n) is 13.3. The van der Waals surface area contributed by atoms with E-state index in [4.69, 9.17) is 4.74 Å². The number of halogens is 2. The number of fused-ring (bicyclic) bond motifs is 1. The number of carbonyl (C=O) groups excluding carboxylic acids is 2. The van der Waals surface area contributed by atoms with Gasteiger partial charge >= 0.3 is 11.8 Å². The van der Waals surface area contributed by atoms with Crippen LogP contribution < -0.4 is 15.4 Å². The van der Waals surface area contributed by atoms with Crippen molar-refractivity contribution in [3.05, 3.63) is 59.2 Å². The molecule has 5 nitrogen and oxygen atoms in total. The Labute approximate surface area is 143 Å². The van der Waals surface area contributed by atoms with Crippen molar-refractivity contribution in [1.29, 1.82) is 0 Å². The van der Waals surface area contributed by atoms with Crippen molar-refractivity contribution in [3.8, 4) is 5.75 Å². The Kier molecular flexibility index (Phi) is 4.92. The SMILES string of the molecule is O=C(NCCc1ccc2c(c1)CCO2)C(=O)Nc1cccc(F)c1F. The van der Waals surface area contributed by atoms with Crippen LogP contribution in [-0.2, 0) is 22.4 Å². The summed E-state index contributed by atoms with van der Waals surface area (Å²) < 4.78 is 32.0. The maximum absolute atomic E-state index is 13.5. The first-order valence-corrected chi connectivity index (χ1v) is 7.82. The smallest absolute Gasteiger partial charge is 0.313 e.